The summed E-state index contributed by atoms with van der Waals surface area (Å²) in [5.41, 5.74) is -3.85. The van der Waals surface area contributed by atoms with Crippen molar-refractivity contribution in [2.24, 2.45) is 5.92 Å². The Morgan fingerprint density at radius 2 is 1.75 bits per heavy atom. The van der Waals surface area contributed by atoms with E-state index in [1.54, 1.807) is 4.90 Å². The van der Waals surface area contributed by atoms with Gasteiger partial charge < -0.3 is 10.2 Å². The molecule has 7 heteroatoms. The van der Waals surface area contributed by atoms with Crippen LogP contribution in [0.2, 0.25) is 0 Å². The highest BCUT2D eigenvalue weighted by Crippen LogP contribution is 2.36. The number of halogens is 3. The van der Waals surface area contributed by atoms with Gasteiger partial charge >= 0.3 is 5.51 Å². The zero-order valence-electron chi connectivity index (χ0n) is 13.3. The van der Waals surface area contributed by atoms with Gasteiger partial charge in [-0.25, -0.2) is 0 Å². The van der Waals surface area contributed by atoms with Gasteiger partial charge in [0.25, 0.3) is 5.91 Å². The zero-order chi connectivity index (χ0) is 17.2. The molecular weight excluding hydrogens is 337 g/mol. The van der Waals surface area contributed by atoms with E-state index in [4.69, 9.17) is 0 Å². The van der Waals surface area contributed by atoms with E-state index in [0.717, 1.165) is 25.3 Å². The molecule has 0 bridgehead atoms. The first kappa shape index (κ1) is 17.6. The molecule has 0 spiro atoms. The number of rotatable bonds is 5. The maximum atomic E-state index is 12.5. The summed E-state index contributed by atoms with van der Waals surface area (Å²) >= 11 is -0.163. The van der Waals surface area contributed by atoms with Gasteiger partial charge in [0.2, 0.25) is 0 Å². The smallest absolute Gasteiger partial charge is 0.339 e. The van der Waals surface area contributed by atoms with Gasteiger partial charge in [-0.1, -0.05) is 0 Å². The average Bonchev–Trinajstić information content (AvgIpc) is 3.36. The molecule has 1 amide bonds. The van der Waals surface area contributed by atoms with Crippen LogP contribution in [-0.2, 0) is 0 Å². The third-order valence-corrected chi connectivity index (χ3v) is 5.25. The van der Waals surface area contributed by atoms with Gasteiger partial charge in [-0.2, -0.15) is 13.2 Å². The molecule has 1 saturated carbocycles. The van der Waals surface area contributed by atoms with Crippen LogP contribution < -0.4 is 5.32 Å². The molecule has 1 aliphatic heterocycles. The van der Waals surface area contributed by atoms with Crippen LogP contribution in [0.1, 0.15) is 36.0 Å². The average molecular weight is 358 g/mol. The Morgan fingerprint density at radius 3 is 2.29 bits per heavy atom. The van der Waals surface area contributed by atoms with E-state index in [0.29, 0.717) is 24.7 Å². The summed E-state index contributed by atoms with van der Waals surface area (Å²) in [5.74, 6) is 0.747. The van der Waals surface area contributed by atoms with Crippen LogP contribution in [-0.4, -0.2) is 42.0 Å². The van der Waals surface area contributed by atoms with Crippen LogP contribution in [0.4, 0.5) is 13.2 Å². The number of hydrogen-bond acceptors (Lipinski definition) is 3. The molecule has 0 atom stereocenters. The summed E-state index contributed by atoms with van der Waals surface area (Å²) in [6.45, 7) is 2.47. The normalized spacial score (nSPS) is 19.5. The molecule has 1 aliphatic carbocycles. The van der Waals surface area contributed by atoms with Crippen LogP contribution in [0.15, 0.2) is 29.2 Å². The van der Waals surface area contributed by atoms with Crippen molar-refractivity contribution in [1.29, 1.82) is 0 Å². The molecule has 1 aromatic rings. The number of amides is 1. The number of carbonyl (C=O) groups is 1. The van der Waals surface area contributed by atoms with E-state index in [9.17, 15) is 18.0 Å². The lowest BCUT2D eigenvalue weighted by atomic mass is 10.0. The summed E-state index contributed by atoms with van der Waals surface area (Å²) in [7, 11) is 0. The van der Waals surface area contributed by atoms with E-state index in [1.165, 1.54) is 37.1 Å². The Labute approximate surface area is 144 Å². The third kappa shape index (κ3) is 5.14. The molecule has 1 heterocycles. The predicted octanol–water partition coefficient (Wildman–Crippen LogP) is 3.90. The number of thioether (sulfide) groups is 1. The van der Waals surface area contributed by atoms with E-state index in [1.807, 2.05) is 0 Å². The Hall–Kier alpha value is -1.21. The number of alkyl halides is 3. The molecule has 24 heavy (non-hydrogen) atoms. The van der Waals surface area contributed by atoms with Gasteiger partial charge in [0.15, 0.2) is 0 Å². The first-order valence-corrected chi connectivity index (χ1v) is 9.11. The van der Waals surface area contributed by atoms with Crippen molar-refractivity contribution in [1.82, 2.24) is 10.2 Å². The van der Waals surface area contributed by atoms with Crippen molar-refractivity contribution < 1.29 is 18.0 Å². The van der Waals surface area contributed by atoms with E-state index < -0.39 is 5.51 Å². The predicted molar refractivity (Wildman–Crippen MR) is 88.0 cm³/mol. The minimum atomic E-state index is -4.30. The zero-order valence-corrected chi connectivity index (χ0v) is 14.1. The topological polar surface area (TPSA) is 32.3 Å². The number of carbonyl (C=O) groups excluding carboxylic acids is 1. The molecule has 0 aromatic heterocycles. The Bertz CT molecular complexity index is 564. The molecule has 0 radical (unpaired) electrons. The summed E-state index contributed by atoms with van der Waals surface area (Å²) in [5, 5.41) is 3.56. The molecule has 2 fully saturated rings. The van der Waals surface area contributed by atoms with Gasteiger partial charge in [0.05, 0.1) is 0 Å². The number of nitrogens with zero attached hydrogens (tertiary/aromatic N) is 1. The summed E-state index contributed by atoms with van der Waals surface area (Å²) < 4.78 is 37.0. The lowest BCUT2D eigenvalue weighted by Gasteiger charge is -2.32. The van der Waals surface area contributed by atoms with Crippen molar-refractivity contribution in [3.63, 3.8) is 0 Å². The molecule has 1 N–H and O–H groups in total. The number of piperidine rings is 1. The molecule has 1 aromatic carbocycles. The second kappa shape index (κ2) is 7.35. The fraction of sp³-hybridized carbons (Fsp3) is 0.588. The quantitative estimate of drug-likeness (QED) is 0.810. The second-order valence-electron chi connectivity index (χ2n) is 6.49. The molecule has 0 unspecified atom stereocenters. The first-order chi connectivity index (χ1) is 11.4. The molecule has 1 saturated heterocycles. The second-order valence-corrected chi connectivity index (χ2v) is 7.63. The highest BCUT2D eigenvalue weighted by molar-refractivity contribution is 8.00. The van der Waals surface area contributed by atoms with Crippen LogP contribution >= 0.6 is 11.8 Å². The number of likely N-dealkylation sites (tertiary alicyclic amines) is 1. The van der Waals surface area contributed by atoms with E-state index in [2.05, 4.69) is 5.32 Å². The van der Waals surface area contributed by atoms with Crippen LogP contribution in [0.25, 0.3) is 0 Å². The van der Waals surface area contributed by atoms with Gasteiger partial charge in [-0.15, -0.1) is 0 Å². The van der Waals surface area contributed by atoms with Crippen molar-refractivity contribution in [2.45, 2.75) is 42.1 Å². The van der Waals surface area contributed by atoms with Gasteiger partial charge in [0, 0.05) is 29.6 Å². The van der Waals surface area contributed by atoms with Gasteiger partial charge in [0.1, 0.15) is 0 Å². The Balaban J connectivity index is 1.49. The Morgan fingerprint density at radius 1 is 1.12 bits per heavy atom. The molecule has 3 rings (SSSR count). The summed E-state index contributed by atoms with van der Waals surface area (Å²) in [4.78, 5) is 14.3. The maximum absolute atomic E-state index is 12.5. The number of nitrogens with one attached hydrogen (secondary N) is 1. The lowest BCUT2D eigenvalue weighted by molar-refractivity contribution is -0.0328. The highest BCUT2D eigenvalue weighted by Gasteiger charge is 2.29. The van der Waals surface area contributed by atoms with Crippen molar-refractivity contribution in [3.05, 3.63) is 29.8 Å². The molecule has 3 nitrogen and oxygen atoms in total. The molecule has 2 aliphatic rings. The third-order valence-electron chi connectivity index (χ3n) is 4.51. The van der Waals surface area contributed by atoms with Gasteiger partial charge in [-0.3, -0.25) is 4.79 Å². The summed E-state index contributed by atoms with van der Waals surface area (Å²) in [6.07, 6.45) is 4.51. The van der Waals surface area contributed by atoms with Gasteiger partial charge in [-0.05, 0) is 74.2 Å². The van der Waals surface area contributed by atoms with Crippen molar-refractivity contribution in [3.8, 4) is 0 Å². The van der Waals surface area contributed by atoms with E-state index in [-0.39, 0.29) is 22.6 Å². The fourth-order valence-corrected chi connectivity index (χ4v) is 3.46. The van der Waals surface area contributed by atoms with Crippen molar-refractivity contribution >= 4 is 17.7 Å². The largest absolute Gasteiger partial charge is 0.446 e. The fourth-order valence-electron chi connectivity index (χ4n) is 2.92. The van der Waals surface area contributed by atoms with E-state index >= 15 is 0 Å². The van der Waals surface area contributed by atoms with Crippen molar-refractivity contribution in [2.75, 3.05) is 19.6 Å². The number of hydrogen-bond donors (Lipinski definition) is 1. The van der Waals surface area contributed by atoms with Crippen LogP contribution in [0.3, 0.4) is 0 Å². The van der Waals surface area contributed by atoms with Crippen LogP contribution in [0.5, 0.6) is 0 Å². The van der Waals surface area contributed by atoms with Crippen LogP contribution in [0, 0.1) is 5.92 Å². The molecule has 132 valence electrons. The number of benzene rings is 1. The standard InChI is InChI=1S/C17H21F3N2OS/c18-17(19,20)24-15-5-3-13(4-6-15)16(23)22-9-7-14(8-10-22)21-11-12-1-2-12/h3-6,12,14,21H,1-2,7-11H2. The minimum Gasteiger partial charge on any atom is -0.339 e. The highest BCUT2D eigenvalue weighted by atomic mass is 32.2. The molecular formula is C17H21F3N2OS. The summed E-state index contributed by atoms with van der Waals surface area (Å²) in [6, 6.07) is 6.15. The minimum absolute atomic E-state index is 0.0980. The maximum Gasteiger partial charge on any atom is 0.446 e. The monoisotopic (exact) mass is 358 g/mol. The first-order valence-electron chi connectivity index (χ1n) is 8.29. The Kier molecular flexibility index (Phi) is 5.39. The SMILES string of the molecule is O=C(c1ccc(SC(F)(F)F)cc1)N1CCC(NCC2CC2)CC1. The lowest BCUT2D eigenvalue weighted by Crippen LogP contribution is -2.45.